The van der Waals surface area contributed by atoms with E-state index in [0.717, 1.165) is 31.4 Å². The molecule has 2 fully saturated rings. The van der Waals surface area contributed by atoms with Gasteiger partial charge in [0, 0.05) is 6.54 Å². The largest absolute Gasteiger partial charge is 0.340 e. The molecule has 1 saturated carbocycles. The summed E-state index contributed by atoms with van der Waals surface area (Å²) < 4.78 is 0. The highest BCUT2D eigenvalue weighted by Crippen LogP contribution is 2.35. The summed E-state index contributed by atoms with van der Waals surface area (Å²) in [5.74, 6) is 1.65. The molecule has 1 spiro atoms. The fourth-order valence-electron chi connectivity index (χ4n) is 3.54. The molecular formula is C15H26N2O2S. The maximum Gasteiger partial charge on any atom is 0.249 e. The van der Waals surface area contributed by atoms with Gasteiger partial charge in [-0.2, -0.15) is 11.8 Å². The Labute approximate surface area is 126 Å². The van der Waals surface area contributed by atoms with Gasteiger partial charge < -0.3 is 10.2 Å². The number of rotatable bonds is 5. The Kier molecular flexibility index (Phi) is 4.99. The molecule has 4 nitrogen and oxygen atoms in total. The van der Waals surface area contributed by atoms with Crippen LogP contribution in [0.25, 0.3) is 0 Å². The van der Waals surface area contributed by atoms with Crippen molar-refractivity contribution < 1.29 is 9.59 Å². The zero-order chi connectivity index (χ0) is 14.8. The lowest BCUT2D eigenvalue weighted by Gasteiger charge is -2.45. The smallest absolute Gasteiger partial charge is 0.249 e. The third-order valence-electron chi connectivity index (χ3n) is 4.51. The van der Waals surface area contributed by atoms with Crippen molar-refractivity contribution >= 4 is 23.6 Å². The number of carbonyl (C=O) groups is 2. The van der Waals surface area contributed by atoms with E-state index in [0.29, 0.717) is 18.9 Å². The first-order valence-electron chi connectivity index (χ1n) is 7.66. The maximum absolute atomic E-state index is 12.9. The number of amides is 2. The molecule has 0 radical (unpaired) electrons. The number of hydrogen-bond donors (Lipinski definition) is 1. The van der Waals surface area contributed by atoms with Crippen molar-refractivity contribution in [1.29, 1.82) is 0 Å². The molecule has 2 unspecified atom stereocenters. The molecule has 5 heteroatoms. The van der Waals surface area contributed by atoms with Crippen LogP contribution < -0.4 is 5.32 Å². The number of nitrogens with zero attached hydrogens (tertiary/aromatic N) is 1. The van der Waals surface area contributed by atoms with E-state index in [-0.39, 0.29) is 17.9 Å². The van der Waals surface area contributed by atoms with Gasteiger partial charge >= 0.3 is 0 Å². The summed E-state index contributed by atoms with van der Waals surface area (Å²) in [5.41, 5.74) is -0.582. The first kappa shape index (κ1) is 15.7. The summed E-state index contributed by atoms with van der Waals surface area (Å²) in [7, 11) is 0. The Morgan fingerprint density at radius 3 is 2.60 bits per heavy atom. The number of piperazine rings is 1. The summed E-state index contributed by atoms with van der Waals surface area (Å²) in [5, 5.41) is 3.04. The summed E-state index contributed by atoms with van der Waals surface area (Å²) >= 11 is 1.79. The second kappa shape index (κ2) is 6.37. The normalized spacial score (nSPS) is 26.9. The number of thioether (sulfide) groups is 1. The third-order valence-corrected chi connectivity index (χ3v) is 5.42. The molecule has 2 rings (SSSR count). The van der Waals surface area contributed by atoms with Crippen LogP contribution in [0.15, 0.2) is 0 Å². The van der Waals surface area contributed by atoms with Crippen molar-refractivity contribution in [2.45, 2.75) is 57.5 Å². The molecule has 114 valence electrons. The van der Waals surface area contributed by atoms with Crippen molar-refractivity contribution in [2.75, 3.05) is 18.6 Å². The molecule has 0 bridgehead atoms. The maximum atomic E-state index is 12.9. The molecule has 2 amide bonds. The molecule has 1 aliphatic carbocycles. The lowest BCUT2D eigenvalue weighted by molar-refractivity contribution is -0.155. The minimum Gasteiger partial charge on any atom is -0.340 e. The van der Waals surface area contributed by atoms with Gasteiger partial charge in [-0.05, 0) is 37.2 Å². The monoisotopic (exact) mass is 298 g/mol. The summed E-state index contributed by atoms with van der Waals surface area (Å²) in [4.78, 5) is 27.1. The van der Waals surface area contributed by atoms with Gasteiger partial charge in [-0.3, -0.25) is 9.59 Å². The summed E-state index contributed by atoms with van der Waals surface area (Å²) in [6.45, 7) is 4.84. The minimum absolute atomic E-state index is 0.0466. The fraction of sp³-hybridized carbons (Fsp3) is 0.867. The van der Waals surface area contributed by atoms with E-state index in [1.165, 1.54) is 0 Å². The lowest BCUT2D eigenvalue weighted by atomic mass is 9.89. The van der Waals surface area contributed by atoms with Crippen molar-refractivity contribution in [3.63, 3.8) is 0 Å². The molecule has 1 heterocycles. The number of carbonyl (C=O) groups excluding carboxylic acids is 2. The number of nitrogens with one attached hydrogen (secondary N) is 1. The van der Waals surface area contributed by atoms with E-state index in [1.807, 2.05) is 11.8 Å². The first-order chi connectivity index (χ1) is 9.54. The van der Waals surface area contributed by atoms with Gasteiger partial charge in [0.1, 0.15) is 11.6 Å². The van der Waals surface area contributed by atoms with Crippen LogP contribution in [0.4, 0.5) is 0 Å². The molecule has 1 aliphatic heterocycles. The highest BCUT2D eigenvalue weighted by atomic mass is 32.2. The van der Waals surface area contributed by atoms with E-state index < -0.39 is 5.54 Å². The second-order valence-corrected chi connectivity index (χ2v) is 7.13. The van der Waals surface area contributed by atoms with Crippen molar-refractivity contribution in [2.24, 2.45) is 5.92 Å². The molecule has 20 heavy (non-hydrogen) atoms. The Balaban J connectivity index is 2.19. The molecule has 2 aliphatic rings. The SMILES string of the molecule is CCC1C(=O)NC2(CCCC2)C(=O)N1CC(C)CSC. The lowest BCUT2D eigenvalue weighted by Crippen LogP contribution is -2.69. The van der Waals surface area contributed by atoms with Crippen LogP contribution >= 0.6 is 11.8 Å². The van der Waals surface area contributed by atoms with E-state index in [1.54, 1.807) is 11.8 Å². The van der Waals surface area contributed by atoms with Gasteiger partial charge in [0.2, 0.25) is 11.8 Å². The van der Waals surface area contributed by atoms with Crippen LogP contribution in [0.1, 0.15) is 46.0 Å². The van der Waals surface area contributed by atoms with Gasteiger partial charge in [-0.1, -0.05) is 26.7 Å². The quantitative estimate of drug-likeness (QED) is 0.845. The van der Waals surface area contributed by atoms with Crippen LogP contribution in [-0.4, -0.2) is 46.8 Å². The molecule has 1 N–H and O–H groups in total. The van der Waals surface area contributed by atoms with Gasteiger partial charge in [0.25, 0.3) is 0 Å². The zero-order valence-electron chi connectivity index (χ0n) is 12.8. The van der Waals surface area contributed by atoms with Gasteiger partial charge in [0.15, 0.2) is 0 Å². The van der Waals surface area contributed by atoms with Gasteiger partial charge in [0.05, 0.1) is 0 Å². The third kappa shape index (κ3) is 2.83. The predicted octanol–water partition coefficient (Wildman–Crippen LogP) is 2.04. The van der Waals surface area contributed by atoms with Crippen LogP contribution in [0.3, 0.4) is 0 Å². The Hall–Kier alpha value is -0.710. The second-order valence-electron chi connectivity index (χ2n) is 6.22. The van der Waals surface area contributed by atoms with Gasteiger partial charge in [-0.25, -0.2) is 0 Å². The van der Waals surface area contributed by atoms with Crippen molar-refractivity contribution in [1.82, 2.24) is 10.2 Å². The zero-order valence-corrected chi connectivity index (χ0v) is 13.6. The molecule has 2 atom stereocenters. The Morgan fingerprint density at radius 1 is 1.40 bits per heavy atom. The average molecular weight is 298 g/mol. The average Bonchev–Trinajstić information content (AvgIpc) is 2.86. The first-order valence-corrected chi connectivity index (χ1v) is 9.05. The molecule has 0 aromatic rings. The van der Waals surface area contributed by atoms with Crippen molar-refractivity contribution in [3.05, 3.63) is 0 Å². The molecular weight excluding hydrogens is 272 g/mol. The minimum atomic E-state index is -0.582. The standard InChI is InChI=1S/C15H26N2O2S/c1-4-12-13(18)16-15(7-5-6-8-15)14(19)17(12)9-11(2)10-20-3/h11-12H,4-10H2,1-3H3,(H,16,18). The van der Waals surface area contributed by atoms with E-state index in [9.17, 15) is 9.59 Å². The fourth-order valence-corrected chi connectivity index (χ4v) is 4.21. The summed E-state index contributed by atoms with van der Waals surface area (Å²) in [6, 6.07) is -0.280. The van der Waals surface area contributed by atoms with E-state index in [2.05, 4.69) is 18.5 Å². The van der Waals surface area contributed by atoms with Crippen LogP contribution in [0.2, 0.25) is 0 Å². The van der Waals surface area contributed by atoms with Crippen molar-refractivity contribution in [3.8, 4) is 0 Å². The molecule has 0 aromatic heterocycles. The van der Waals surface area contributed by atoms with Gasteiger partial charge in [-0.15, -0.1) is 0 Å². The van der Waals surface area contributed by atoms with Crippen LogP contribution in [-0.2, 0) is 9.59 Å². The van der Waals surface area contributed by atoms with Crippen LogP contribution in [0, 0.1) is 5.92 Å². The predicted molar refractivity (Wildman–Crippen MR) is 82.7 cm³/mol. The highest BCUT2D eigenvalue weighted by molar-refractivity contribution is 7.98. The molecule has 0 aromatic carbocycles. The highest BCUT2D eigenvalue weighted by Gasteiger charge is 2.51. The number of hydrogen-bond acceptors (Lipinski definition) is 3. The van der Waals surface area contributed by atoms with E-state index >= 15 is 0 Å². The van der Waals surface area contributed by atoms with Crippen LogP contribution in [0.5, 0.6) is 0 Å². The Bertz CT molecular complexity index is 380. The molecule has 1 saturated heterocycles. The Morgan fingerprint density at radius 2 is 2.05 bits per heavy atom. The topological polar surface area (TPSA) is 49.4 Å². The van der Waals surface area contributed by atoms with E-state index in [4.69, 9.17) is 0 Å². The summed E-state index contributed by atoms with van der Waals surface area (Å²) in [6.07, 6.45) is 6.47.